The molecule has 1 aromatic carbocycles. The van der Waals surface area contributed by atoms with Crippen molar-refractivity contribution in [2.24, 2.45) is 5.41 Å². The van der Waals surface area contributed by atoms with E-state index in [4.69, 9.17) is 0 Å². The van der Waals surface area contributed by atoms with E-state index in [1.807, 2.05) is 26.0 Å². The van der Waals surface area contributed by atoms with Crippen molar-refractivity contribution in [2.75, 3.05) is 5.01 Å². The van der Waals surface area contributed by atoms with E-state index in [2.05, 4.69) is 44.9 Å². The molecule has 0 aromatic heterocycles. The summed E-state index contributed by atoms with van der Waals surface area (Å²) in [4.78, 5) is 11.9. The molecule has 3 nitrogen and oxygen atoms in total. The number of benzene rings is 1. The monoisotopic (exact) mass is 258 g/mol. The van der Waals surface area contributed by atoms with Crippen LogP contribution in [0.4, 0.5) is 5.69 Å². The summed E-state index contributed by atoms with van der Waals surface area (Å²) in [6, 6.07) is 8.24. The van der Waals surface area contributed by atoms with Gasteiger partial charge in [-0.2, -0.15) is 0 Å². The van der Waals surface area contributed by atoms with Crippen molar-refractivity contribution in [3.63, 3.8) is 0 Å². The van der Waals surface area contributed by atoms with Gasteiger partial charge in [-0.25, -0.2) is 0 Å². The average molecular weight is 258 g/mol. The lowest BCUT2D eigenvalue weighted by Gasteiger charge is -2.24. The third kappa shape index (κ3) is 2.25. The molecule has 1 heterocycles. The number of rotatable bonds is 1. The fourth-order valence-electron chi connectivity index (χ4n) is 2.05. The molecule has 1 aliphatic heterocycles. The molecule has 0 spiro atoms. The molecule has 102 valence electrons. The van der Waals surface area contributed by atoms with Crippen molar-refractivity contribution in [2.45, 2.75) is 40.0 Å². The van der Waals surface area contributed by atoms with Gasteiger partial charge < -0.3 is 0 Å². The summed E-state index contributed by atoms with van der Waals surface area (Å²) in [7, 11) is 0. The van der Waals surface area contributed by atoms with Gasteiger partial charge in [0.15, 0.2) is 0 Å². The highest BCUT2D eigenvalue weighted by Gasteiger charge is 2.42. The van der Waals surface area contributed by atoms with Crippen LogP contribution < -0.4 is 10.4 Å². The summed E-state index contributed by atoms with van der Waals surface area (Å²) in [5.41, 5.74) is 5.43. The quantitative estimate of drug-likeness (QED) is 0.837. The van der Waals surface area contributed by atoms with Crippen LogP contribution in [-0.2, 0) is 10.2 Å². The zero-order valence-electron chi connectivity index (χ0n) is 12.4. The van der Waals surface area contributed by atoms with Crippen LogP contribution in [0.25, 0.3) is 0 Å². The number of hydrogen-bond acceptors (Lipinski definition) is 2. The first-order valence-corrected chi connectivity index (χ1v) is 6.55. The minimum absolute atomic E-state index is 0.0163. The smallest absolute Gasteiger partial charge is 0.250 e. The molecular weight excluding hydrogens is 236 g/mol. The van der Waals surface area contributed by atoms with Crippen molar-refractivity contribution < 1.29 is 4.79 Å². The van der Waals surface area contributed by atoms with Gasteiger partial charge >= 0.3 is 0 Å². The summed E-state index contributed by atoms with van der Waals surface area (Å²) >= 11 is 0. The first kappa shape index (κ1) is 13.7. The van der Waals surface area contributed by atoms with Crippen LogP contribution in [0.2, 0.25) is 0 Å². The Bertz CT molecular complexity index is 521. The molecule has 1 amide bonds. The van der Waals surface area contributed by atoms with Gasteiger partial charge in [-0.1, -0.05) is 39.5 Å². The standard InChI is InChI=1S/C16H22N2O/c1-11-16(5,6)14(19)17-18(11)13-9-7-12(8-10-13)15(2,3)4/h7-10H,1H2,2-6H3,(H,17,19). The second-order valence-corrected chi connectivity index (χ2v) is 6.64. The SMILES string of the molecule is C=C1N(c2ccc(C(C)(C)C)cc2)NC(=O)C1(C)C. The summed E-state index contributed by atoms with van der Waals surface area (Å²) in [5.74, 6) is -0.0163. The van der Waals surface area contributed by atoms with Gasteiger partial charge in [0, 0.05) is 5.70 Å². The first-order chi connectivity index (χ1) is 8.64. The fourth-order valence-corrected chi connectivity index (χ4v) is 2.05. The molecule has 0 saturated carbocycles. The summed E-state index contributed by atoms with van der Waals surface area (Å²) in [6.45, 7) is 14.3. The Morgan fingerprint density at radius 1 is 1.16 bits per heavy atom. The lowest BCUT2D eigenvalue weighted by atomic mass is 9.87. The van der Waals surface area contributed by atoms with E-state index in [-0.39, 0.29) is 11.3 Å². The number of nitrogens with zero attached hydrogens (tertiary/aromatic N) is 1. The molecule has 0 bridgehead atoms. The second-order valence-electron chi connectivity index (χ2n) is 6.64. The molecule has 1 aliphatic rings. The molecule has 1 saturated heterocycles. The van der Waals surface area contributed by atoms with Gasteiger partial charge in [0.1, 0.15) is 0 Å². The molecule has 1 N–H and O–H groups in total. The number of carbonyl (C=O) groups excluding carboxylic acids is 1. The zero-order valence-corrected chi connectivity index (χ0v) is 12.4. The van der Waals surface area contributed by atoms with Crippen LogP contribution in [0, 0.1) is 5.41 Å². The largest absolute Gasteiger partial charge is 0.272 e. The van der Waals surface area contributed by atoms with Crippen LogP contribution in [-0.4, -0.2) is 5.91 Å². The number of hydrogen-bond donors (Lipinski definition) is 1. The predicted octanol–water partition coefficient (Wildman–Crippen LogP) is 3.38. The molecule has 0 aliphatic carbocycles. The molecule has 1 aromatic rings. The molecule has 0 atom stereocenters. The van der Waals surface area contributed by atoms with E-state index in [1.165, 1.54) is 5.56 Å². The number of carbonyl (C=O) groups is 1. The summed E-state index contributed by atoms with van der Waals surface area (Å²) in [6.07, 6.45) is 0. The normalized spacial score (nSPS) is 18.7. The molecule has 19 heavy (non-hydrogen) atoms. The summed E-state index contributed by atoms with van der Waals surface area (Å²) in [5, 5.41) is 1.77. The van der Waals surface area contributed by atoms with E-state index in [0.717, 1.165) is 11.4 Å². The van der Waals surface area contributed by atoms with Gasteiger partial charge in [0.05, 0.1) is 11.1 Å². The maximum atomic E-state index is 11.9. The minimum atomic E-state index is -0.553. The predicted molar refractivity (Wildman–Crippen MR) is 78.7 cm³/mol. The summed E-state index contributed by atoms with van der Waals surface area (Å²) < 4.78 is 0. The second kappa shape index (κ2) is 4.12. The topological polar surface area (TPSA) is 32.3 Å². The van der Waals surface area contributed by atoms with Crippen molar-refractivity contribution in [1.29, 1.82) is 0 Å². The Balaban J connectivity index is 2.30. The Labute approximate surface area is 115 Å². The van der Waals surface area contributed by atoms with Crippen LogP contribution in [0.15, 0.2) is 36.5 Å². The van der Waals surface area contributed by atoms with Crippen molar-refractivity contribution in [3.8, 4) is 0 Å². The van der Waals surface area contributed by atoms with Gasteiger partial charge in [-0.05, 0) is 37.0 Å². The average Bonchev–Trinajstić information content (AvgIpc) is 2.52. The van der Waals surface area contributed by atoms with Gasteiger partial charge in [-0.3, -0.25) is 15.2 Å². The maximum absolute atomic E-state index is 11.9. The lowest BCUT2D eigenvalue weighted by Crippen LogP contribution is -2.32. The molecule has 0 unspecified atom stereocenters. The Morgan fingerprint density at radius 3 is 2.05 bits per heavy atom. The number of hydrazine groups is 1. The lowest BCUT2D eigenvalue weighted by molar-refractivity contribution is -0.125. The van der Waals surface area contributed by atoms with Crippen LogP contribution in [0.5, 0.6) is 0 Å². The Morgan fingerprint density at radius 2 is 1.68 bits per heavy atom. The van der Waals surface area contributed by atoms with Crippen LogP contribution in [0.3, 0.4) is 0 Å². The number of amides is 1. The molecule has 1 fully saturated rings. The maximum Gasteiger partial charge on any atom is 0.250 e. The minimum Gasteiger partial charge on any atom is -0.272 e. The fraction of sp³-hybridized carbons (Fsp3) is 0.438. The third-order valence-corrected chi connectivity index (χ3v) is 3.76. The van der Waals surface area contributed by atoms with Crippen molar-refractivity contribution in [1.82, 2.24) is 5.43 Å². The molecule has 3 heteroatoms. The molecule has 0 radical (unpaired) electrons. The van der Waals surface area contributed by atoms with E-state index in [9.17, 15) is 4.79 Å². The molecule has 2 rings (SSSR count). The Kier molecular flexibility index (Phi) is 2.96. The van der Waals surface area contributed by atoms with Crippen LogP contribution >= 0.6 is 0 Å². The van der Waals surface area contributed by atoms with E-state index in [1.54, 1.807) is 5.01 Å². The third-order valence-electron chi connectivity index (χ3n) is 3.76. The highest BCUT2D eigenvalue weighted by atomic mass is 16.2. The number of nitrogens with one attached hydrogen (secondary N) is 1. The Hall–Kier alpha value is -1.77. The van der Waals surface area contributed by atoms with Gasteiger partial charge in [0.2, 0.25) is 5.91 Å². The van der Waals surface area contributed by atoms with Crippen LogP contribution in [0.1, 0.15) is 40.2 Å². The van der Waals surface area contributed by atoms with E-state index in [0.29, 0.717) is 0 Å². The highest BCUT2D eigenvalue weighted by Crippen LogP contribution is 2.36. The zero-order chi connectivity index (χ0) is 14.4. The van der Waals surface area contributed by atoms with Gasteiger partial charge in [0.25, 0.3) is 0 Å². The van der Waals surface area contributed by atoms with E-state index < -0.39 is 5.41 Å². The van der Waals surface area contributed by atoms with Crippen molar-refractivity contribution in [3.05, 3.63) is 42.1 Å². The number of anilines is 1. The van der Waals surface area contributed by atoms with Crippen molar-refractivity contribution >= 4 is 11.6 Å². The van der Waals surface area contributed by atoms with Gasteiger partial charge in [-0.15, -0.1) is 0 Å². The molecular formula is C16H22N2O. The first-order valence-electron chi connectivity index (χ1n) is 6.55. The highest BCUT2D eigenvalue weighted by molar-refractivity contribution is 5.92. The van der Waals surface area contributed by atoms with E-state index >= 15 is 0 Å².